The highest BCUT2D eigenvalue weighted by Crippen LogP contribution is 2.29. The van der Waals surface area contributed by atoms with Crippen LogP contribution in [-0.2, 0) is 0 Å². The van der Waals surface area contributed by atoms with Crippen molar-refractivity contribution in [1.82, 2.24) is 14.9 Å². The number of anilines is 1. The highest BCUT2D eigenvalue weighted by molar-refractivity contribution is 5.97. The van der Waals surface area contributed by atoms with Crippen LogP contribution in [0.3, 0.4) is 0 Å². The second-order valence-electron chi connectivity index (χ2n) is 7.30. The first-order valence-electron chi connectivity index (χ1n) is 9.67. The largest absolute Gasteiger partial charge is 0.388 e. The lowest BCUT2D eigenvalue weighted by Gasteiger charge is -2.31. The van der Waals surface area contributed by atoms with Gasteiger partial charge in [0.1, 0.15) is 0 Å². The number of halogens is 2. The quantitative estimate of drug-likeness (QED) is 0.633. The van der Waals surface area contributed by atoms with Gasteiger partial charge in [-0.25, -0.2) is 13.8 Å². The maximum Gasteiger partial charge on any atom is 0.253 e. The van der Waals surface area contributed by atoms with Crippen LogP contribution in [0.1, 0.15) is 28.8 Å². The Hall–Kier alpha value is -3.42. The van der Waals surface area contributed by atoms with Gasteiger partial charge >= 0.3 is 0 Å². The molecule has 3 aromatic rings. The van der Waals surface area contributed by atoms with Crippen LogP contribution in [-0.4, -0.2) is 53.0 Å². The average molecular weight is 409 g/mol. The molecule has 0 aliphatic carbocycles. The molecule has 30 heavy (non-hydrogen) atoms. The van der Waals surface area contributed by atoms with Gasteiger partial charge in [0.15, 0.2) is 0 Å². The van der Waals surface area contributed by atoms with E-state index < -0.39 is 5.92 Å². The zero-order chi connectivity index (χ0) is 21.3. The summed E-state index contributed by atoms with van der Waals surface area (Å²) in [5, 5.41) is 10.6. The molecule has 0 radical (unpaired) electrons. The van der Waals surface area contributed by atoms with E-state index in [1.807, 2.05) is 18.2 Å². The highest BCUT2D eigenvalue weighted by Gasteiger charge is 2.35. The van der Waals surface area contributed by atoms with E-state index in [1.165, 1.54) is 11.1 Å². The summed E-state index contributed by atoms with van der Waals surface area (Å²) < 4.78 is 26.8. The third-order valence-electron chi connectivity index (χ3n) is 5.34. The van der Waals surface area contributed by atoms with E-state index in [-0.39, 0.29) is 31.8 Å². The van der Waals surface area contributed by atoms with Gasteiger partial charge in [-0.05, 0) is 30.3 Å². The van der Waals surface area contributed by atoms with Gasteiger partial charge in [0.25, 0.3) is 11.8 Å². The molecule has 2 N–H and O–H groups in total. The number of nitrogens with one attached hydrogen (secondary N) is 2. The molecule has 1 aliphatic heterocycles. The normalized spacial score (nSPS) is 15.8. The molecule has 4 rings (SSSR count). The van der Waals surface area contributed by atoms with Crippen molar-refractivity contribution in [3.63, 3.8) is 0 Å². The van der Waals surface area contributed by atoms with Crippen LogP contribution in [0.2, 0.25) is 0 Å². The molecule has 0 bridgehead atoms. The van der Waals surface area contributed by atoms with Crippen molar-refractivity contribution in [3.05, 3.63) is 53.7 Å². The van der Waals surface area contributed by atoms with Crippen LogP contribution in [0.25, 0.3) is 22.3 Å². The predicted molar refractivity (Wildman–Crippen MR) is 112 cm³/mol. The maximum absolute atomic E-state index is 13.4. The van der Waals surface area contributed by atoms with Crippen LogP contribution in [0.4, 0.5) is 14.5 Å². The summed E-state index contributed by atoms with van der Waals surface area (Å²) in [6, 6.07) is 10.6. The zero-order valence-electron chi connectivity index (χ0n) is 16.5. The number of benzene rings is 2. The monoisotopic (exact) mass is 409 g/mol. The Balaban J connectivity index is 1.65. The van der Waals surface area contributed by atoms with Crippen LogP contribution < -0.4 is 5.32 Å². The molecule has 1 saturated heterocycles. The summed E-state index contributed by atoms with van der Waals surface area (Å²) in [6.45, 7) is 0.0829. The SMILES string of the molecule is CNc1ccc(-c2cnc3ccc(C(=O)N4CCC(F)(F)CC4)cc3n2)cc1C=N. The van der Waals surface area contributed by atoms with E-state index in [4.69, 9.17) is 5.41 Å². The number of piperidine rings is 1. The van der Waals surface area contributed by atoms with E-state index >= 15 is 0 Å². The fourth-order valence-electron chi connectivity index (χ4n) is 3.57. The van der Waals surface area contributed by atoms with Gasteiger partial charge in [-0.2, -0.15) is 0 Å². The average Bonchev–Trinajstić information content (AvgIpc) is 2.77. The lowest BCUT2D eigenvalue weighted by atomic mass is 10.0. The minimum Gasteiger partial charge on any atom is -0.388 e. The minimum atomic E-state index is -2.70. The number of carbonyl (C=O) groups is 1. The number of hydrogen-bond donors (Lipinski definition) is 2. The predicted octanol–water partition coefficient (Wildman–Crippen LogP) is 4.21. The van der Waals surface area contributed by atoms with Crippen molar-refractivity contribution >= 4 is 28.8 Å². The third kappa shape index (κ3) is 3.85. The maximum atomic E-state index is 13.4. The molecule has 1 aliphatic rings. The Bertz CT molecular complexity index is 1120. The van der Waals surface area contributed by atoms with E-state index in [0.717, 1.165) is 16.8 Å². The van der Waals surface area contributed by atoms with Crippen LogP contribution in [0, 0.1) is 5.41 Å². The molecule has 0 saturated carbocycles. The fourth-order valence-corrected chi connectivity index (χ4v) is 3.57. The Morgan fingerprint density at radius 2 is 1.93 bits per heavy atom. The molecule has 1 fully saturated rings. The van der Waals surface area contributed by atoms with Gasteiger partial charge in [-0.15, -0.1) is 0 Å². The minimum absolute atomic E-state index is 0.0415. The number of aromatic nitrogens is 2. The van der Waals surface area contributed by atoms with Crippen molar-refractivity contribution in [2.75, 3.05) is 25.5 Å². The molecule has 2 heterocycles. The van der Waals surface area contributed by atoms with Crippen LogP contribution in [0.5, 0.6) is 0 Å². The molecule has 0 atom stereocenters. The topological polar surface area (TPSA) is 82.0 Å². The molecule has 1 aromatic heterocycles. The first-order chi connectivity index (χ1) is 14.4. The summed E-state index contributed by atoms with van der Waals surface area (Å²) in [7, 11) is 1.79. The van der Waals surface area contributed by atoms with Gasteiger partial charge in [-0.3, -0.25) is 9.78 Å². The summed E-state index contributed by atoms with van der Waals surface area (Å²) in [5.41, 5.74) is 4.58. The number of fused-ring (bicyclic) bond motifs is 1. The molecule has 1 amide bonds. The number of rotatable bonds is 4. The van der Waals surface area contributed by atoms with Crippen molar-refractivity contribution in [2.45, 2.75) is 18.8 Å². The van der Waals surface area contributed by atoms with E-state index in [2.05, 4.69) is 15.3 Å². The molecule has 8 heteroatoms. The second-order valence-corrected chi connectivity index (χ2v) is 7.30. The highest BCUT2D eigenvalue weighted by atomic mass is 19.3. The van der Waals surface area contributed by atoms with E-state index in [1.54, 1.807) is 31.4 Å². The van der Waals surface area contributed by atoms with Crippen molar-refractivity contribution in [1.29, 1.82) is 5.41 Å². The second kappa shape index (κ2) is 7.78. The van der Waals surface area contributed by atoms with Gasteiger partial charge in [0.2, 0.25) is 0 Å². The number of amides is 1. The smallest absolute Gasteiger partial charge is 0.253 e. The van der Waals surface area contributed by atoms with Crippen LogP contribution >= 0.6 is 0 Å². The molecule has 0 spiro atoms. The van der Waals surface area contributed by atoms with Gasteiger partial charge in [0.05, 0.1) is 22.9 Å². The summed E-state index contributed by atoms with van der Waals surface area (Å²) in [5.74, 6) is -2.97. The molecule has 6 nitrogen and oxygen atoms in total. The third-order valence-corrected chi connectivity index (χ3v) is 5.34. The lowest BCUT2D eigenvalue weighted by Crippen LogP contribution is -2.42. The molecular formula is C22H21F2N5O. The Labute approximate surface area is 172 Å². The van der Waals surface area contributed by atoms with Gasteiger partial charge in [0, 0.05) is 61.6 Å². The number of hydrogen-bond acceptors (Lipinski definition) is 5. The van der Waals surface area contributed by atoms with Crippen molar-refractivity contribution in [3.8, 4) is 11.3 Å². The fraction of sp³-hybridized carbons (Fsp3) is 0.273. The van der Waals surface area contributed by atoms with E-state index in [9.17, 15) is 13.6 Å². The number of likely N-dealkylation sites (tertiary alicyclic amines) is 1. The summed E-state index contributed by atoms with van der Waals surface area (Å²) >= 11 is 0. The van der Waals surface area contributed by atoms with Crippen LogP contribution in [0.15, 0.2) is 42.6 Å². The van der Waals surface area contributed by atoms with Gasteiger partial charge < -0.3 is 15.6 Å². The Morgan fingerprint density at radius 3 is 2.63 bits per heavy atom. The zero-order valence-corrected chi connectivity index (χ0v) is 16.5. The Kier molecular flexibility index (Phi) is 5.15. The summed E-state index contributed by atoms with van der Waals surface area (Å²) in [4.78, 5) is 23.3. The van der Waals surface area contributed by atoms with Gasteiger partial charge in [-0.1, -0.05) is 6.07 Å². The van der Waals surface area contributed by atoms with Crippen molar-refractivity contribution < 1.29 is 13.6 Å². The van der Waals surface area contributed by atoms with E-state index in [0.29, 0.717) is 22.3 Å². The van der Waals surface area contributed by atoms with Crippen molar-refractivity contribution in [2.24, 2.45) is 0 Å². The molecule has 2 aromatic carbocycles. The number of carbonyl (C=O) groups excluding carboxylic acids is 1. The number of alkyl halides is 2. The standard InChI is InChI=1S/C22H21F2N5O/c1-26-17-4-2-14(10-16(17)12-25)20-13-27-18-5-3-15(11-19(18)28-20)21(30)29-8-6-22(23,24)7-9-29/h2-5,10-13,25-26H,6-9H2,1H3. The summed E-state index contributed by atoms with van der Waals surface area (Å²) in [6.07, 6.45) is 2.30. The molecule has 154 valence electrons. The first-order valence-corrected chi connectivity index (χ1v) is 9.67. The lowest BCUT2D eigenvalue weighted by molar-refractivity contribution is -0.0494. The molecule has 0 unspecified atom stereocenters. The Morgan fingerprint density at radius 1 is 1.17 bits per heavy atom. The number of nitrogens with zero attached hydrogens (tertiary/aromatic N) is 3. The molecular weight excluding hydrogens is 388 g/mol. The first kappa shape index (κ1) is 19.9.